The molecule has 0 spiro atoms. The minimum Gasteiger partial charge on any atom is -0.315 e. The molecule has 128 valence electrons. The highest BCUT2D eigenvalue weighted by Crippen LogP contribution is 2.30. The van der Waals surface area contributed by atoms with E-state index < -0.39 is 9.85 Å². The first-order valence-electron chi connectivity index (χ1n) is 7.09. The lowest BCUT2D eigenvalue weighted by molar-refractivity contribution is -0.385. The van der Waals surface area contributed by atoms with E-state index in [0.717, 1.165) is 6.07 Å². The molecule has 0 radical (unpaired) electrons. The summed E-state index contributed by atoms with van der Waals surface area (Å²) in [6.45, 7) is 1.31. The van der Waals surface area contributed by atoms with Crippen molar-refractivity contribution in [2.75, 3.05) is 11.9 Å². The van der Waals surface area contributed by atoms with Crippen LogP contribution >= 0.6 is 0 Å². The fourth-order valence-corrected chi connectivity index (χ4v) is 2.29. The van der Waals surface area contributed by atoms with Crippen LogP contribution in [0.2, 0.25) is 0 Å². The number of nitro benzene ring substituents is 2. The van der Waals surface area contributed by atoms with E-state index in [9.17, 15) is 25.0 Å². The summed E-state index contributed by atoms with van der Waals surface area (Å²) in [5, 5.41) is 30.6. The Kier molecular flexibility index (Phi) is 4.87. The smallest absolute Gasteiger partial charge is 0.278 e. The van der Waals surface area contributed by atoms with Crippen LogP contribution in [0.25, 0.3) is 0 Å². The summed E-state index contributed by atoms with van der Waals surface area (Å²) >= 11 is 0. The Balaban J connectivity index is 2.69. The Labute approximate surface area is 142 Å². The molecular formula is C16H14N4O5. The average Bonchev–Trinajstić information content (AvgIpc) is 2.59. The fourth-order valence-electron chi connectivity index (χ4n) is 2.29. The summed E-state index contributed by atoms with van der Waals surface area (Å²) in [5.74, 6) is -0.342. The van der Waals surface area contributed by atoms with Gasteiger partial charge in [-0.1, -0.05) is 12.1 Å². The molecule has 0 saturated heterocycles. The van der Waals surface area contributed by atoms with Crippen molar-refractivity contribution in [1.29, 1.82) is 5.41 Å². The molecule has 0 fully saturated rings. The van der Waals surface area contributed by atoms with Gasteiger partial charge in [0, 0.05) is 37.7 Å². The van der Waals surface area contributed by atoms with Gasteiger partial charge in [0.25, 0.3) is 11.4 Å². The monoisotopic (exact) mass is 342 g/mol. The van der Waals surface area contributed by atoms with Gasteiger partial charge in [-0.05, 0) is 12.1 Å². The molecular weight excluding hydrogens is 328 g/mol. The number of amides is 1. The van der Waals surface area contributed by atoms with E-state index >= 15 is 0 Å². The molecule has 0 atom stereocenters. The number of carbonyl (C=O) groups excluding carboxylic acids is 1. The summed E-state index contributed by atoms with van der Waals surface area (Å²) in [4.78, 5) is 33.9. The van der Waals surface area contributed by atoms with Gasteiger partial charge in [-0.15, -0.1) is 0 Å². The van der Waals surface area contributed by atoms with Crippen LogP contribution in [0.5, 0.6) is 0 Å². The van der Waals surface area contributed by atoms with E-state index in [1.807, 2.05) is 0 Å². The number of nitro groups is 2. The molecule has 0 unspecified atom stereocenters. The van der Waals surface area contributed by atoms with Gasteiger partial charge in [0.15, 0.2) is 0 Å². The summed E-state index contributed by atoms with van der Waals surface area (Å²) < 4.78 is 0. The van der Waals surface area contributed by atoms with Gasteiger partial charge in [-0.3, -0.25) is 30.4 Å². The third-order valence-electron chi connectivity index (χ3n) is 3.66. The van der Waals surface area contributed by atoms with Crippen LogP contribution in [0.1, 0.15) is 18.1 Å². The quantitative estimate of drug-likeness (QED) is 0.507. The lowest BCUT2D eigenvalue weighted by atomic mass is 9.98. The van der Waals surface area contributed by atoms with Gasteiger partial charge in [0.2, 0.25) is 5.91 Å². The molecule has 0 heterocycles. The van der Waals surface area contributed by atoms with E-state index in [1.54, 1.807) is 0 Å². The van der Waals surface area contributed by atoms with Crippen LogP contribution in [0, 0.1) is 25.6 Å². The largest absolute Gasteiger partial charge is 0.315 e. The number of nitrogens with one attached hydrogen (secondary N) is 1. The Bertz CT molecular complexity index is 894. The van der Waals surface area contributed by atoms with E-state index in [0.29, 0.717) is 0 Å². The highest BCUT2D eigenvalue weighted by atomic mass is 16.6. The second-order valence-corrected chi connectivity index (χ2v) is 5.19. The Morgan fingerprint density at radius 3 is 2.24 bits per heavy atom. The maximum Gasteiger partial charge on any atom is 0.278 e. The number of hydrogen-bond acceptors (Lipinski definition) is 6. The van der Waals surface area contributed by atoms with Crippen molar-refractivity contribution in [1.82, 2.24) is 0 Å². The normalized spacial score (nSPS) is 10.2. The summed E-state index contributed by atoms with van der Waals surface area (Å²) in [6, 6.07) is 9.32. The number of hydrogen-bond donors (Lipinski definition) is 1. The predicted molar refractivity (Wildman–Crippen MR) is 91.2 cm³/mol. The van der Waals surface area contributed by atoms with Gasteiger partial charge >= 0.3 is 0 Å². The zero-order valence-electron chi connectivity index (χ0n) is 13.4. The second-order valence-electron chi connectivity index (χ2n) is 5.19. The molecule has 0 aliphatic carbocycles. The van der Waals surface area contributed by atoms with Gasteiger partial charge in [-0.25, -0.2) is 0 Å². The molecule has 1 amide bonds. The molecule has 9 heteroatoms. The fraction of sp³-hybridized carbons (Fsp3) is 0.125. The number of rotatable bonds is 5. The van der Waals surface area contributed by atoms with E-state index in [-0.39, 0.29) is 39.8 Å². The summed E-state index contributed by atoms with van der Waals surface area (Å²) in [5.41, 5.74) is -0.540. The molecule has 2 rings (SSSR count). The molecule has 1 N–H and O–H groups in total. The third-order valence-corrected chi connectivity index (χ3v) is 3.66. The average molecular weight is 342 g/mol. The SMILES string of the molecule is CC(=O)N(C)c1ccc([N+](=O)[O-])cc1C(=N)c1ccccc1[N+](=O)[O-]. The second kappa shape index (κ2) is 6.87. The molecule has 9 nitrogen and oxygen atoms in total. The zero-order valence-corrected chi connectivity index (χ0v) is 13.4. The summed E-state index contributed by atoms with van der Waals surface area (Å²) in [6.07, 6.45) is 0. The lowest BCUT2D eigenvalue weighted by Crippen LogP contribution is -2.25. The maximum atomic E-state index is 11.7. The lowest BCUT2D eigenvalue weighted by Gasteiger charge is -2.19. The number of benzene rings is 2. The molecule has 0 aliphatic rings. The molecule has 2 aromatic rings. The first-order chi connectivity index (χ1) is 11.7. The van der Waals surface area contributed by atoms with E-state index in [2.05, 4.69) is 0 Å². The first kappa shape index (κ1) is 17.7. The Morgan fingerprint density at radius 2 is 1.68 bits per heavy atom. The molecule has 2 aromatic carbocycles. The van der Waals surface area contributed by atoms with Crippen LogP contribution in [0.15, 0.2) is 42.5 Å². The van der Waals surface area contributed by atoms with Gasteiger partial charge in [0.1, 0.15) is 0 Å². The van der Waals surface area contributed by atoms with E-state index in [4.69, 9.17) is 5.41 Å². The third kappa shape index (κ3) is 3.50. The van der Waals surface area contributed by atoms with E-state index in [1.165, 1.54) is 55.3 Å². The maximum absolute atomic E-state index is 11.7. The Morgan fingerprint density at radius 1 is 1.04 bits per heavy atom. The van der Waals surface area contributed by atoms with Crippen LogP contribution < -0.4 is 4.90 Å². The Hall–Kier alpha value is -3.62. The predicted octanol–water partition coefficient (Wildman–Crippen LogP) is 2.90. The van der Waals surface area contributed by atoms with Crippen molar-refractivity contribution in [2.24, 2.45) is 0 Å². The summed E-state index contributed by atoms with van der Waals surface area (Å²) in [7, 11) is 1.46. The molecule has 0 aromatic heterocycles. The highest BCUT2D eigenvalue weighted by Gasteiger charge is 2.23. The minimum absolute atomic E-state index is 0.00574. The van der Waals surface area contributed by atoms with Gasteiger partial charge < -0.3 is 4.90 Å². The number of para-hydroxylation sites is 1. The van der Waals surface area contributed by atoms with Gasteiger partial charge in [-0.2, -0.15) is 0 Å². The van der Waals surface area contributed by atoms with Crippen molar-refractivity contribution < 1.29 is 14.6 Å². The van der Waals surface area contributed by atoms with Crippen LogP contribution in [0.4, 0.5) is 17.1 Å². The number of nitrogens with zero attached hydrogens (tertiary/aromatic N) is 3. The highest BCUT2D eigenvalue weighted by molar-refractivity contribution is 6.17. The molecule has 0 aliphatic heterocycles. The minimum atomic E-state index is -0.631. The van der Waals surface area contributed by atoms with Gasteiger partial charge in [0.05, 0.1) is 26.8 Å². The first-order valence-corrected chi connectivity index (χ1v) is 7.09. The molecule has 25 heavy (non-hydrogen) atoms. The van der Waals surface area contributed by atoms with Crippen LogP contribution in [0.3, 0.4) is 0 Å². The number of carbonyl (C=O) groups is 1. The van der Waals surface area contributed by atoms with Crippen molar-refractivity contribution >= 4 is 28.7 Å². The van der Waals surface area contributed by atoms with Crippen molar-refractivity contribution in [3.63, 3.8) is 0 Å². The van der Waals surface area contributed by atoms with Crippen molar-refractivity contribution in [3.8, 4) is 0 Å². The zero-order chi connectivity index (χ0) is 18.7. The van der Waals surface area contributed by atoms with Crippen LogP contribution in [-0.4, -0.2) is 28.5 Å². The van der Waals surface area contributed by atoms with Crippen LogP contribution in [-0.2, 0) is 4.79 Å². The number of anilines is 1. The van der Waals surface area contributed by atoms with Crippen molar-refractivity contribution in [2.45, 2.75) is 6.92 Å². The standard InChI is InChI=1S/C16H14N4O5/c1-10(21)18(2)14-8-7-11(19(22)23)9-13(14)16(17)12-5-3-4-6-15(12)20(24)25/h3-9,17H,1-2H3. The molecule has 0 saturated carbocycles. The van der Waals surface area contributed by atoms with Crippen molar-refractivity contribution in [3.05, 3.63) is 73.8 Å². The number of non-ortho nitro benzene ring substituents is 1. The topological polar surface area (TPSA) is 130 Å². The molecule has 0 bridgehead atoms.